The van der Waals surface area contributed by atoms with Crippen molar-refractivity contribution in [1.82, 2.24) is 4.90 Å². The van der Waals surface area contributed by atoms with Crippen LogP contribution in [0.5, 0.6) is 0 Å². The number of anilines is 1. The molecule has 2 heterocycles. The van der Waals surface area contributed by atoms with Crippen LogP contribution >= 0.6 is 11.8 Å². The number of benzene rings is 2. The van der Waals surface area contributed by atoms with Crippen molar-refractivity contribution in [2.24, 2.45) is 11.5 Å². The second-order valence-corrected chi connectivity index (χ2v) is 11.2. The van der Waals surface area contributed by atoms with E-state index in [2.05, 4.69) is 18.7 Å². The molecule has 192 valence electrons. The summed E-state index contributed by atoms with van der Waals surface area (Å²) in [5.74, 6) is 0.00855. The number of thioether (sulfide) groups is 1. The first kappa shape index (κ1) is 26.2. The first-order chi connectivity index (χ1) is 17.3. The number of nitrogens with two attached hydrogens (primary N) is 2. The molecule has 4 rings (SSSR count). The minimum Gasteiger partial charge on any atom is -0.384 e. The van der Waals surface area contributed by atoms with Crippen molar-refractivity contribution < 1.29 is 4.79 Å². The molecular formula is C28H38N6OS. The zero-order chi connectivity index (χ0) is 25.8. The van der Waals surface area contributed by atoms with E-state index in [9.17, 15) is 4.79 Å². The Morgan fingerprint density at radius 1 is 0.944 bits per heavy atom. The summed E-state index contributed by atoms with van der Waals surface area (Å²) in [6.45, 7) is 6.41. The Kier molecular flexibility index (Phi) is 8.36. The lowest BCUT2D eigenvalue weighted by molar-refractivity contribution is -0.118. The van der Waals surface area contributed by atoms with Crippen molar-refractivity contribution in [2.45, 2.75) is 74.6 Å². The van der Waals surface area contributed by atoms with Crippen LogP contribution in [0.1, 0.15) is 74.3 Å². The van der Waals surface area contributed by atoms with Crippen LogP contribution in [-0.2, 0) is 4.79 Å². The van der Waals surface area contributed by atoms with Crippen molar-refractivity contribution in [3.8, 4) is 0 Å². The number of carbonyl (C=O) groups is 1. The predicted molar refractivity (Wildman–Crippen MR) is 149 cm³/mol. The maximum atomic E-state index is 13.8. The van der Waals surface area contributed by atoms with E-state index in [0.717, 1.165) is 42.0 Å². The number of amidine groups is 2. The molecule has 1 amide bonds. The molecule has 2 aromatic carbocycles. The van der Waals surface area contributed by atoms with Gasteiger partial charge in [0, 0.05) is 34.7 Å². The van der Waals surface area contributed by atoms with Crippen LogP contribution in [0.15, 0.2) is 47.4 Å². The third-order valence-corrected chi connectivity index (χ3v) is 8.78. The summed E-state index contributed by atoms with van der Waals surface area (Å²) in [4.78, 5) is 19.3. The molecule has 7 nitrogen and oxygen atoms in total. The van der Waals surface area contributed by atoms with Crippen LogP contribution in [0.3, 0.4) is 0 Å². The van der Waals surface area contributed by atoms with E-state index in [1.807, 2.05) is 41.3 Å². The van der Waals surface area contributed by atoms with Crippen LogP contribution in [-0.4, -0.2) is 47.7 Å². The summed E-state index contributed by atoms with van der Waals surface area (Å²) in [5.41, 5.74) is 14.4. The van der Waals surface area contributed by atoms with E-state index < -0.39 is 5.25 Å². The second-order valence-electron chi connectivity index (χ2n) is 10.1. The molecule has 3 atom stereocenters. The normalized spacial score (nSPS) is 22.3. The average Bonchev–Trinajstić information content (AvgIpc) is 2.86. The van der Waals surface area contributed by atoms with Crippen LogP contribution in [0, 0.1) is 10.8 Å². The molecule has 1 fully saturated rings. The van der Waals surface area contributed by atoms with Crippen LogP contribution in [0.2, 0.25) is 0 Å². The number of likely N-dealkylation sites (tertiary alicyclic amines) is 1. The van der Waals surface area contributed by atoms with Gasteiger partial charge in [-0.3, -0.25) is 20.5 Å². The van der Waals surface area contributed by atoms with Crippen molar-refractivity contribution in [3.63, 3.8) is 0 Å². The van der Waals surface area contributed by atoms with E-state index in [1.54, 1.807) is 6.07 Å². The van der Waals surface area contributed by atoms with Crippen molar-refractivity contribution >= 4 is 35.0 Å². The molecule has 6 N–H and O–H groups in total. The third-order valence-electron chi connectivity index (χ3n) is 7.47. The number of rotatable bonds is 9. The van der Waals surface area contributed by atoms with Gasteiger partial charge in [-0.15, -0.1) is 11.8 Å². The average molecular weight is 507 g/mol. The van der Waals surface area contributed by atoms with E-state index >= 15 is 0 Å². The Morgan fingerprint density at radius 2 is 1.61 bits per heavy atom. The molecule has 36 heavy (non-hydrogen) atoms. The zero-order valence-corrected chi connectivity index (χ0v) is 22.1. The number of nitrogen functional groups attached to an aromatic ring is 2. The van der Waals surface area contributed by atoms with Crippen molar-refractivity contribution in [1.29, 1.82) is 10.8 Å². The topological polar surface area (TPSA) is 123 Å². The predicted octanol–water partition coefficient (Wildman–Crippen LogP) is 4.87. The van der Waals surface area contributed by atoms with Gasteiger partial charge in [-0.1, -0.05) is 37.1 Å². The number of amides is 1. The standard InChI is InChI=1S/C28H38N6OS/c1-18-8-6-9-19(2)33(18)14-4-3-5-15-34-23-17-22(27(31)32)12-13-24(23)36-25(28(34)35)20-10-7-11-21(16-20)26(29)30/h7,10-13,16-19,25H,3-6,8-9,14-15H2,1-2H3,(H3,29,30)(H3,31,32)/t18-,19+,25?. The van der Waals surface area contributed by atoms with Crippen molar-refractivity contribution in [3.05, 3.63) is 59.2 Å². The first-order valence-electron chi connectivity index (χ1n) is 12.9. The first-order valence-corrected chi connectivity index (χ1v) is 13.8. The number of fused-ring (bicyclic) bond motifs is 1. The number of hydrogen-bond donors (Lipinski definition) is 4. The summed E-state index contributed by atoms with van der Waals surface area (Å²) in [7, 11) is 0. The highest BCUT2D eigenvalue weighted by Gasteiger charge is 2.35. The summed E-state index contributed by atoms with van der Waals surface area (Å²) >= 11 is 1.51. The highest BCUT2D eigenvalue weighted by Crippen LogP contribution is 2.47. The summed E-state index contributed by atoms with van der Waals surface area (Å²) in [6.07, 6.45) is 6.98. The molecule has 2 aromatic rings. The van der Waals surface area contributed by atoms with Crippen molar-refractivity contribution in [2.75, 3.05) is 18.0 Å². The van der Waals surface area contributed by atoms with Gasteiger partial charge < -0.3 is 16.4 Å². The molecule has 2 aliphatic rings. The highest BCUT2D eigenvalue weighted by molar-refractivity contribution is 8.00. The lowest BCUT2D eigenvalue weighted by Crippen LogP contribution is -2.44. The fourth-order valence-corrected chi connectivity index (χ4v) is 6.60. The van der Waals surface area contributed by atoms with Crippen LogP contribution in [0.4, 0.5) is 5.69 Å². The molecule has 1 saturated heterocycles. The number of unbranched alkanes of at least 4 members (excludes halogenated alkanes) is 2. The lowest BCUT2D eigenvalue weighted by Gasteiger charge is -2.39. The molecule has 0 radical (unpaired) electrons. The number of hydrogen-bond acceptors (Lipinski definition) is 5. The quantitative estimate of drug-likeness (QED) is 0.220. The molecule has 2 aliphatic heterocycles. The number of piperidine rings is 1. The van der Waals surface area contributed by atoms with Gasteiger partial charge in [-0.25, -0.2) is 0 Å². The molecule has 0 aromatic heterocycles. The van der Waals surface area contributed by atoms with Crippen LogP contribution < -0.4 is 16.4 Å². The number of carbonyl (C=O) groups excluding carboxylic acids is 1. The van der Waals surface area contributed by atoms with Gasteiger partial charge in [0.15, 0.2) is 0 Å². The second kappa shape index (κ2) is 11.5. The minimum absolute atomic E-state index is 0.00347. The molecule has 0 aliphatic carbocycles. The van der Waals surface area contributed by atoms with Gasteiger partial charge in [0.1, 0.15) is 16.9 Å². The van der Waals surface area contributed by atoms with E-state index in [-0.39, 0.29) is 17.6 Å². The fraction of sp³-hybridized carbons (Fsp3) is 0.464. The lowest BCUT2D eigenvalue weighted by atomic mass is 9.97. The molecule has 0 bridgehead atoms. The van der Waals surface area contributed by atoms with Gasteiger partial charge in [0.25, 0.3) is 0 Å². The minimum atomic E-state index is -0.407. The molecule has 0 spiro atoms. The summed E-state index contributed by atoms with van der Waals surface area (Å²) in [6, 6.07) is 14.4. The van der Waals surface area contributed by atoms with E-state index in [1.165, 1.54) is 31.0 Å². The summed E-state index contributed by atoms with van der Waals surface area (Å²) in [5, 5.41) is 15.2. The molecule has 0 saturated carbocycles. The Bertz CT molecular complexity index is 1120. The van der Waals surface area contributed by atoms with Gasteiger partial charge in [-0.2, -0.15) is 0 Å². The maximum absolute atomic E-state index is 13.8. The fourth-order valence-electron chi connectivity index (χ4n) is 5.40. The number of nitrogens with zero attached hydrogens (tertiary/aromatic N) is 2. The largest absolute Gasteiger partial charge is 0.384 e. The Morgan fingerprint density at radius 3 is 2.31 bits per heavy atom. The molecular weight excluding hydrogens is 468 g/mol. The molecule has 1 unspecified atom stereocenters. The Hall–Kier alpha value is -2.84. The Labute approximate surface area is 218 Å². The van der Waals surface area contributed by atoms with Gasteiger partial charge in [-0.05, 0) is 69.8 Å². The van der Waals surface area contributed by atoms with E-state index in [4.69, 9.17) is 22.3 Å². The summed E-state index contributed by atoms with van der Waals surface area (Å²) < 4.78 is 0. The number of nitrogens with one attached hydrogen (secondary N) is 2. The highest BCUT2D eigenvalue weighted by atomic mass is 32.2. The smallest absolute Gasteiger partial charge is 0.245 e. The van der Waals surface area contributed by atoms with Gasteiger partial charge in [0.2, 0.25) is 5.91 Å². The zero-order valence-electron chi connectivity index (χ0n) is 21.3. The maximum Gasteiger partial charge on any atom is 0.245 e. The molecule has 8 heteroatoms. The van der Waals surface area contributed by atoms with Gasteiger partial charge >= 0.3 is 0 Å². The monoisotopic (exact) mass is 506 g/mol. The SMILES string of the molecule is C[C@@H]1CCC[C@H](C)N1CCCCCN1C(=O)C(c2cccc(C(=N)N)c2)Sc2ccc(C(=N)N)cc21. The van der Waals surface area contributed by atoms with Crippen LogP contribution in [0.25, 0.3) is 0 Å². The Balaban J connectivity index is 1.49. The third kappa shape index (κ3) is 5.76. The van der Waals surface area contributed by atoms with Gasteiger partial charge in [0.05, 0.1) is 5.69 Å². The van der Waals surface area contributed by atoms with E-state index in [0.29, 0.717) is 29.8 Å².